The maximum atomic E-state index is 15.1. The van der Waals surface area contributed by atoms with E-state index in [1.54, 1.807) is 79.5 Å². The summed E-state index contributed by atoms with van der Waals surface area (Å²) in [6.45, 7) is 21.9. The summed E-state index contributed by atoms with van der Waals surface area (Å²) in [4.78, 5) is 144. The van der Waals surface area contributed by atoms with Crippen LogP contribution in [0.2, 0.25) is 0 Å². The number of methoxy groups -OCH3 is 1. The molecular weight excluding hydrogens is 1630 g/mol. The predicted octanol–water partition coefficient (Wildman–Crippen LogP) is 12.4. The third-order valence-electron chi connectivity index (χ3n) is 23.7. The fraction of sp³-hybridized carbons (Fsp3) is 0.527. The minimum absolute atomic E-state index is 0.000114. The number of anilines is 1. The highest BCUT2D eigenvalue weighted by Gasteiger charge is 2.65. The van der Waals surface area contributed by atoms with Crippen molar-refractivity contribution in [3.63, 3.8) is 0 Å². The highest BCUT2D eigenvalue weighted by atomic mass is 32.2. The number of ether oxygens (including phenoxy) is 9. The zero-order valence-corrected chi connectivity index (χ0v) is 74.9. The van der Waals surface area contributed by atoms with E-state index in [0.717, 1.165) is 41.6 Å². The van der Waals surface area contributed by atoms with Gasteiger partial charge < -0.3 is 83.8 Å². The van der Waals surface area contributed by atoms with Crippen LogP contribution in [0.4, 0.5) is 20.1 Å². The number of nitrogens with one attached hydrogen (secondary N) is 7. The van der Waals surface area contributed by atoms with Crippen LogP contribution >= 0.6 is 0 Å². The highest BCUT2D eigenvalue weighted by Crippen LogP contribution is 2.64. The average Bonchev–Trinajstić information content (AvgIpc) is 1.54. The number of amides is 6. The van der Waals surface area contributed by atoms with Crippen molar-refractivity contribution >= 4 is 86.8 Å². The number of benzene rings is 5. The summed E-state index contributed by atoms with van der Waals surface area (Å²) in [7, 11) is -0.269. The lowest BCUT2D eigenvalue weighted by atomic mass is 9.53. The molecule has 6 amide bonds. The van der Waals surface area contributed by atoms with Crippen molar-refractivity contribution in [3.05, 3.63) is 147 Å². The molecule has 2 aliphatic carbocycles. The molecule has 4 heterocycles. The summed E-state index contributed by atoms with van der Waals surface area (Å²) in [5.74, 6) is -2.67. The Labute approximate surface area is 731 Å². The molecule has 32 heteroatoms. The molecule has 11 rings (SSSR count). The number of ketones is 2. The number of carbonyl (C=O) groups is 10. The summed E-state index contributed by atoms with van der Waals surface area (Å²) in [6, 6.07) is 23.8. The normalized spacial score (nSPS) is 19.6. The van der Waals surface area contributed by atoms with E-state index >= 15 is 4.79 Å². The Balaban J connectivity index is 0.710. The number of esters is 2. The van der Waals surface area contributed by atoms with Crippen LogP contribution < -0.4 is 55.6 Å². The minimum atomic E-state index is -4.02. The molecule has 0 saturated carbocycles. The number of likely N-dealkylation sites (N-methyl/N-ethyl adjacent to an activating group) is 1. The quantitative estimate of drug-likeness (QED) is 0.00495. The van der Waals surface area contributed by atoms with Crippen molar-refractivity contribution in [1.29, 1.82) is 5.41 Å². The van der Waals surface area contributed by atoms with Gasteiger partial charge in [-0.3, -0.25) is 34.7 Å². The van der Waals surface area contributed by atoms with E-state index < -0.39 is 110 Å². The average molecular weight is 1750 g/mol. The van der Waals surface area contributed by atoms with Crippen molar-refractivity contribution < 1.29 is 99.0 Å². The number of fused-ring (bicyclic) bond motifs is 1. The van der Waals surface area contributed by atoms with E-state index in [-0.39, 0.29) is 161 Å². The second-order valence-corrected chi connectivity index (χ2v) is 37.8. The van der Waals surface area contributed by atoms with Gasteiger partial charge in [0.2, 0.25) is 23.7 Å². The molecular formula is C93H120N10O21S. The Kier molecular flexibility index (Phi) is 30.7. The van der Waals surface area contributed by atoms with E-state index in [2.05, 4.69) is 54.9 Å². The zero-order chi connectivity index (χ0) is 90.5. The van der Waals surface area contributed by atoms with Gasteiger partial charge in [-0.2, -0.15) is 0 Å². The summed E-state index contributed by atoms with van der Waals surface area (Å²) >= 11 is 0. The van der Waals surface area contributed by atoms with Gasteiger partial charge in [0.1, 0.15) is 70.4 Å². The number of nitrogens with zero attached hydrogens (tertiary/aromatic N) is 3. The lowest BCUT2D eigenvalue weighted by Gasteiger charge is -2.56. The number of carbonyl (C=O) groups excluding carboxylic acids is 10. The Morgan fingerprint density at radius 1 is 0.760 bits per heavy atom. The topological polar surface area (TPSA) is 403 Å². The molecule has 125 heavy (non-hydrogen) atoms. The molecule has 5 aromatic rings. The van der Waals surface area contributed by atoms with Gasteiger partial charge in [0.05, 0.1) is 36.6 Å². The smallest absolute Gasteiger partial charge is 0.437 e. The third-order valence-corrected chi connectivity index (χ3v) is 25.6. The standard InChI is InChI=1S/C93H120N10O21S/c1-55(104)25-40-76(106)99-70(24-20-44-95-75(94)54-125(114,115)81-57(3)56(2)79-68(58(81)4)52-92(11,12)122-79)72(105)37-31-65-49-63(41-46-103(65)89(113)120-74-39-36-69-71-50-61-28-38-73(116-14)80-78(61)93(69,82(74)121-80)42-47-102(71)13)84(109)96-43-19-18-23-62(51-77(107)118-53-59-21-16-15-17-22-59)83(108)97-45-48-117-66-32-26-60(27-33-66)85(110)119-67-34-29-64(30-35-67)98-86(100-87(111)123-90(5,6)7)101-88(112)124-91(8,9)10/h15-17,21-22,26-30,32-35,38-39,62-63,65,69-71,82H,18-20,23-25,31,36-37,40-54H2,1-14H3,(H2,94,95)(H,96,109)(H,97,108)(H,99,106)(H2,98,100,101,111,112)/t62-,63?,65?,69+,70+,71-,82+,93+/m1/s1. The Bertz CT molecular complexity index is 5040. The fourth-order valence-corrected chi connectivity index (χ4v) is 19.4. The van der Waals surface area contributed by atoms with Crippen LogP contribution in [0, 0.1) is 43.9 Å². The third kappa shape index (κ3) is 24.4. The summed E-state index contributed by atoms with van der Waals surface area (Å²) in [5.41, 5.74) is 3.59. The second-order valence-electron chi connectivity index (χ2n) is 35.8. The molecule has 0 radical (unpaired) electrons. The van der Waals surface area contributed by atoms with Crippen LogP contribution in [0.15, 0.2) is 113 Å². The molecule has 2 saturated heterocycles. The summed E-state index contributed by atoms with van der Waals surface area (Å²) < 4.78 is 81.7. The molecule has 7 N–H and O–H groups in total. The number of piperidine rings is 2. The molecule has 2 fully saturated rings. The zero-order valence-electron chi connectivity index (χ0n) is 74.1. The highest BCUT2D eigenvalue weighted by molar-refractivity contribution is 7.92. The number of hydrogen-bond acceptors (Lipinski definition) is 23. The lowest BCUT2D eigenvalue weighted by molar-refractivity contribution is -0.148. The number of hydrogen-bond donors (Lipinski definition) is 7. The van der Waals surface area contributed by atoms with Crippen LogP contribution in [0.5, 0.6) is 28.7 Å². The molecule has 8 atom stereocenters. The number of allylic oxidation sites excluding steroid dienone is 1. The first kappa shape index (κ1) is 94.3. The molecule has 674 valence electrons. The first-order valence-electron chi connectivity index (χ1n) is 43.0. The van der Waals surface area contributed by atoms with Crippen molar-refractivity contribution in [2.75, 3.05) is 64.6 Å². The molecule has 4 aliphatic heterocycles. The molecule has 1 spiro atoms. The van der Waals surface area contributed by atoms with Crippen molar-refractivity contribution in [2.24, 2.45) is 22.7 Å². The number of guanidine groups is 1. The predicted molar refractivity (Wildman–Crippen MR) is 466 cm³/mol. The number of amidine groups is 1. The van der Waals surface area contributed by atoms with Gasteiger partial charge in [0.15, 0.2) is 33.2 Å². The molecule has 2 unspecified atom stereocenters. The Morgan fingerprint density at radius 2 is 1.47 bits per heavy atom. The van der Waals surface area contributed by atoms with E-state index in [0.29, 0.717) is 71.3 Å². The SMILES string of the molecule is COc1ccc2c3c1O[C@H]1C(OC(=O)N4CCC(C(=O)NCCCC[C@H](CC(=O)OCc5ccccc5)C(=O)NCCOc5ccc(C(=O)Oc6ccc(NC(=NC(=O)OC(C)(C)C)NC(=O)OC(C)(C)C)cc6)cc5)CC4CCC(=O)[C@H](CCCNC(=N)CS(=O)(=O)c4c(C)c(C)c5c(c4C)CC(C)(C)O5)NC(=O)CCC(C)=O)=CC[C@H]4[C@@H](C2)N(C)CC[C@]314. The van der Waals surface area contributed by atoms with Gasteiger partial charge in [-0.05, 0) is 255 Å². The van der Waals surface area contributed by atoms with Crippen molar-refractivity contribution in [3.8, 4) is 28.7 Å². The van der Waals surface area contributed by atoms with Gasteiger partial charge in [-0.1, -0.05) is 42.8 Å². The maximum absolute atomic E-state index is 15.1. The van der Waals surface area contributed by atoms with Crippen LogP contribution in [0.25, 0.3) is 0 Å². The van der Waals surface area contributed by atoms with E-state index in [1.165, 1.54) is 48.9 Å². The number of alkyl carbamates (subject to hydrolysis) is 1. The minimum Gasteiger partial charge on any atom is -0.493 e. The second kappa shape index (κ2) is 40.7. The first-order chi connectivity index (χ1) is 59.2. The maximum Gasteiger partial charge on any atom is 0.437 e. The summed E-state index contributed by atoms with van der Waals surface area (Å²) in [5, 5.41) is 25.8. The van der Waals surface area contributed by atoms with E-state index in [4.69, 9.17) is 48.0 Å². The Morgan fingerprint density at radius 3 is 2.18 bits per heavy atom. The molecule has 5 aromatic carbocycles. The van der Waals surface area contributed by atoms with Crippen LogP contribution in [-0.4, -0.2) is 190 Å². The number of rotatable bonds is 35. The lowest BCUT2D eigenvalue weighted by Crippen LogP contribution is -2.63. The molecule has 31 nitrogen and oxygen atoms in total. The summed E-state index contributed by atoms with van der Waals surface area (Å²) in [6.07, 6.45) is 2.71. The van der Waals surface area contributed by atoms with Crippen LogP contribution in [0.1, 0.15) is 202 Å². The Hall–Kier alpha value is -11.4. The fourth-order valence-electron chi connectivity index (χ4n) is 17.6. The first-order valence-corrected chi connectivity index (χ1v) is 44.7. The molecule has 2 bridgehead atoms. The largest absolute Gasteiger partial charge is 0.493 e. The van der Waals surface area contributed by atoms with Gasteiger partial charge in [-0.25, -0.2) is 27.6 Å². The number of unbranched alkanes of at least 4 members (excludes halogenated alkanes) is 1. The van der Waals surface area contributed by atoms with Crippen molar-refractivity contribution in [2.45, 2.75) is 244 Å². The van der Waals surface area contributed by atoms with Crippen LogP contribution in [0.3, 0.4) is 0 Å². The monoisotopic (exact) mass is 1740 g/mol. The van der Waals surface area contributed by atoms with Gasteiger partial charge in [-0.15, -0.1) is 4.99 Å². The molecule has 0 aromatic heterocycles. The van der Waals surface area contributed by atoms with Crippen molar-refractivity contribution in [1.82, 2.24) is 36.4 Å². The van der Waals surface area contributed by atoms with Gasteiger partial charge in [0, 0.05) is 91.5 Å². The van der Waals surface area contributed by atoms with E-state index in [9.17, 15) is 51.6 Å². The van der Waals surface area contributed by atoms with Crippen LogP contribution in [-0.2, 0) is 82.4 Å². The molecule has 6 aliphatic rings. The van der Waals surface area contributed by atoms with E-state index in [1.807, 2.05) is 63.2 Å². The van der Waals surface area contributed by atoms with Gasteiger partial charge >= 0.3 is 30.2 Å². The number of likely N-dealkylation sites (tertiary alicyclic amines) is 2. The van der Waals surface area contributed by atoms with Gasteiger partial charge in [0.25, 0.3) is 0 Å². The number of Topliss-reactive ketones (excluding diaryl/α,β-unsaturated/α-hetero) is 2. The number of aliphatic imine (C=N–C) groups is 1. The number of sulfone groups is 1.